The van der Waals surface area contributed by atoms with E-state index >= 15 is 0 Å². The summed E-state index contributed by atoms with van der Waals surface area (Å²) in [6.07, 6.45) is -1.24. The van der Waals surface area contributed by atoms with Crippen molar-refractivity contribution in [1.82, 2.24) is 14.9 Å². The average Bonchev–Trinajstić information content (AvgIpc) is 2.57. The first-order valence-electron chi connectivity index (χ1n) is 7.66. The Morgan fingerprint density at radius 2 is 1.92 bits per heavy atom. The van der Waals surface area contributed by atoms with Crippen molar-refractivity contribution < 1.29 is 14.3 Å². The quantitative estimate of drug-likeness (QED) is 0.766. The monoisotopic (exact) mass is 341 g/mol. The molecule has 128 valence electrons. The molecule has 1 unspecified atom stereocenters. The average molecular weight is 341 g/mol. The molecule has 25 heavy (non-hydrogen) atoms. The topological polar surface area (TPSA) is 84.2 Å². The molecule has 2 N–H and O–H groups in total. The number of carboxylic acid groups (broad SMARTS) is 1. The number of nitrogens with one attached hydrogen (secondary N) is 1. The van der Waals surface area contributed by atoms with Gasteiger partial charge in [0.2, 0.25) is 0 Å². The second kappa shape index (κ2) is 6.35. The summed E-state index contributed by atoms with van der Waals surface area (Å²) in [6, 6.07) is 10.6. The number of amides is 1. The Kier molecular flexibility index (Phi) is 4.22. The molecule has 1 atom stereocenters. The molecule has 0 fully saturated rings. The van der Waals surface area contributed by atoms with Crippen molar-refractivity contribution in [3.8, 4) is 5.69 Å². The summed E-state index contributed by atoms with van der Waals surface area (Å²) in [5, 5.41) is 11.2. The first-order chi connectivity index (χ1) is 11.9. The van der Waals surface area contributed by atoms with Crippen LogP contribution in [0.15, 0.2) is 47.3 Å². The lowest BCUT2D eigenvalue weighted by atomic mass is 10.1. The predicted octanol–water partition coefficient (Wildman–Crippen LogP) is 3.16. The molecule has 3 aromatic rings. The largest absolute Gasteiger partial charge is 0.465 e. The molecule has 1 amide bonds. The van der Waals surface area contributed by atoms with Gasteiger partial charge in [0.05, 0.1) is 17.2 Å². The molecule has 0 radical (unpaired) electrons. The molecule has 0 spiro atoms. The maximum Gasteiger partial charge on any atom is 0.405 e. The van der Waals surface area contributed by atoms with Crippen molar-refractivity contribution in [1.29, 1.82) is 0 Å². The van der Waals surface area contributed by atoms with Gasteiger partial charge in [-0.1, -0.05) is 24.3 Å². The Bertz CT molecular complexity index is 1020. The van der Waals surface area contributed by atoms with Gasteiger partial charge in [-0.3, -0.25) is 9.36 Å². The van der Waals surface area contributed by atoms with E-state index in [4.69, 9.17) is 5.11 Å². The van der Waals surface area contributed by atoms with Crippen LogP contribution in [0, 0.1) is 12.7 Å². The second-order valence-electron chi connectivity index (χ2n) is 5.71. The number of carbonyl (C=O) groups is 1. The molecule has 0 aliphatic carbocycles. The van der Waals surface area contributed by atoms with Crippen molar-refractivity contribution in [2.75, 3.05) is 0 Å². The zero-order chi connectivity index (χ0) is 18.1. The van der Waals surface area contributed by atoms with Gasteiger partial charge < -0.3 is 10.4 Å². The molecule has 2 aromatic carbocycles. The minimum atomic E-state index is -1.24. The van der Waals surface area contributed by atoms with Gasteiger partial charge in [0, 0.05) is 0 Å². The van der Waals surface area contributed by atoms with E-state index in [2.05, 4.69) is 10.3 Å². The van der Waals surface area contributed by atoms with Crippen molar-refractivity contribution in [3.05, 3.63) is 70.0 Å². The smallest absolute Gasteiger partial charge is 0.405 e. The van der Waals surface area contributed by atoms with Crippen molar-refractivity contribution in [3.63, 3.8) is 0 Å². The van der Waals surface area contributed by atoms with E-state index in [0.717, 1.165) is 0 Å². The number of fused-ring (bicyclic) bond motifs is 1. The molecule has 1 aromatic heterocycles. The lowest BCUT2D eigenvalue weighted by Crippen LogP contribution is -2.32. The molecule has 3 rings (SSSR count). The number of rotatable bonds is 3. The number of nitrogens with zero attached hydrogens (tertiary/aromatic N) is 2. The van der Waals surface area contributed by atoms with Crippen LogP contribution in [-0.2, 0) is 0 Å². The van der Waals surface area contributed by atoms with E-state index in [0.29, 0.717) is 11.3 Å². The Hall–Kier alpha value is -3.22. The van der Waals surface area contributed by atoms with Gasteiger partial charge >= 0.3 is 6.09 Å². The minimum Gasteiger partial charge on any atom is -0.465 e. The van der Waals surface area contributed by atoms with Gasteiger partial charge in [-0.25, -0.2) is 14.2 Å². The molecule has 7 heteroatoms. The maximum absolute atomic E-state index is 14.3. The fourth-order valence-electron chi connectivity index (χ4n) is 2.77. The van der Waals surface area contributed by atoms with Gasteiger partial charge in [-0.15, -0.1) is 0 Å². The summed E-state index contributed by atoms with van der Waals surface area (Å²) in [6.45, 7) is 3.30. The third kappa shape index (κ3) is 2.96. The molecule has 0 saturated carbocycles. The summed E-state index contributed by atoms with van der Waals surface area (Å²) in [4.78, 5) is 28.5. The van der Waals surface area contributed by atoms with Gasteiger partial charge in [-0.2, -0.15) is 0 Å². The third-order valence-corrected chi connectivity index (χ3v) is 3.94. The van der Waals surface area contributed by atoms with Crippen LogP contribution in [0.3, 0.4) is 0 Å². The number of aryl methyl sites for hydroxylation is 1. The highest BCUT2D eigenvalue weighted by atomic mass is 19.1. The van der Waals surface area contributed by atoms with E-state index in [1.165, 1.54) is 16.7 Å². The SMILES string of the molecule is Cc1ccc(F)c2c(=O)n(-c3ccccc3)c(C(C)NC(=O)O)nc12. The lowest BCUT2D eigenvalue weighted by molar-refractivity contribution is 0.190. The Morgan fingerprint density at radius 1 is 1.24 bits per heavy atom. The first kappa shape index (κ1) is 16.6. The van der Waals surface area contributed by atoms with Crippen molar-refractivity contribution in [2.45, 2.75) is 19.9 Å². The van der Waals surface area contributed by atoms with Crippen LogP contribution in [-0.4, -0.2) is 20.8 Å². The van der Waals surface area contributed by atoms with Crippen LogP contribution in [0.2, 0.25) is 0 Å². The van der Waals surface area contributed by atoms with Crippen molar-refractivity contribution >= 4 is 17.0 Å². The molecule has 1 heterocycles. The van der Waals surface area contributed by atoms with Crippen LogP contribution in [0.1, 0.15) is 24.4 Å². The van der Waals surface area contributed by atoms with Gasteiger partial charge in [-0.05, 0) is 37.6 Å². The summed E-state index contributed by atoms with van der Waals surface area (Å²) in [5.74, 6) is -0.465. The lowest BCUT2D eigenvalue weighted by Gasteiger charge is -2.19. The molecule has 0 bridgehead atoms. The summed E-state index contributed by atoms with van der Waals surface area (Å²) in [7, 11) is 0. The Morgan fingerprint density at radius 3 is 2.56 bits per heavy atom. The highest BCUT2D eigenvalue weighted by molar-refractivity contribution is 5.82. The van der Waals surface area contributed by atoms with E-state index in [9.17, 15) is 14.0 Å². The van der Waals surface area contributed by atoms with Crippen LogP contribution in [0.5, 0.6) is 0 Å². The number of hydrogen-bond donors (Lipinski definition) is 2. The van der Waals surface area contributed by atoms with E-state index in [1.54, 1.807) is 44.2 Å². The standard InChI is InChI=1S/C18H16FN3O3/c1-10-8-9-13(19)14-15(10)21-16(11(2)20-18(24)25)22(17(14)23)12-6-4-3-5-7-12/h3-9,11,20H,1-2H3,(H,24,25). The fraction of sp³-hybridized carbons (Fsp3) is 0.167. The summed E-state index contributed by atoms with van der Waals surface area (Å²) in [5.41, 5.74) is 0.770. The van der Waals surface area contributed by atoms with Gasteiger partial charge in [0.15, 0.2) is 0 Å². The van der Waals surface area contributed by atoms with Gasteiger partial charge in [0.25, 0.3) is 5.56 Å². The highest BCUT2D eigenvalue weighted by Crippen LogP contribution is 2.21. The number of hydrogen-bond acceptors (Lipinski definition) is 3. The van der Waals surface area contributed by atoms with Crippen LogP contribution < -0.4 is 10.9 Å². The summed E-state index contributed by atoms with van der Waals surface area (Å²) >= 11 is 0. The minimum absolute atomic E-state index is 0.116. The molecular weight excluding hydrogens is 325 g/mol. The number of benzene rings is 2. The van der Waals surface area contributed by atoms with Gasteiger partial charge in [0.1, 0.15) is 17.0 Å². The highest BCUT2D eigenvalue weighted by Gasteiger charge is 2.21. The van der Waals surface area contributed by atoms with Crippen LogP contribution >= 0.6 is 0 Å². The maximum atomic E-state index is 14.3. The fourth-order valence-corrected chi connectivity index (χ4v) is 2.77. The molecule has 0 aliphatic heterocycles. The summed E-state index contributed by atoms with van der Waals surface area (Å²) < 4.78 is 15.5. The molecular formula is C18H16FN3O3. The zero-order valence-electron chi connectivity index (χ0n) is 13.7. The van der Waals surface area contributed by atoms with E-state index < -0.39 is 23.5 Å². The molecule has 0 saturated heterocycles. The predicted molar refractivity (Wildman–Crippen MR) is 91.6 cm³/mol. The Balaban J connectivity index is 2.41. The number of halogens is 1. The number of aromatic nitrogens is 2. The zero-order valence-corrected chi connectivity index (χ0v) is 13.7. The molecule has 6 nitrogen and oxygen atoms in total. The molecule has 0 aliphatic rings. The second-order valence-corrected chi connectivity index (χ2v) is 5.71. The van der Waals surface area contributed by atoms with Crippen LogP contribution in [0.4, 0.5) is 9.18 Å². The Labute approximate surface area is 142 Å². The third-order valence-electron chi connectivity index (χ3n) is 3.94. The van der Waals surface area contributed by atoms with E-state index in [-0.39, 0.29) is 16.7 Å². The van der Waals surface area contributed by atoms with Crippen molar-refractivity contribution in [2.24, 2.45) is 0 Å². The normalized spacial score (nSPS) is 12.1. The van der Waals surface area contributed by atoms with Crippen LogP contribution in [0.25, 0.3) is 16.6 Å². The van der Waals surface area contributed by atoms with E-state index in [1.807, 2.05) is 0 Å². The number of para-hydroxylation sites is 1. The first-order valence-corrected chi connectivity index (χ1v) is 7.66.